The van der Waals surface area contributed by atoms with Crippen molar-refractivity contribution >= 4 is 25.7 Å². The van der Waals surface area contributed by atoms with Crippen LogP contribution in [0.2, 0.25) is 25.7 Å². The molecule has 96 valence electrons. The first-order valence-corrected chi connectivity index (χ1v) is 10.1. The summed E-state index contributed by atoms with van der Waals surface area (Å²) in [6.07, 6.45) is 0.749. The lowest BCUT2D eigenvalue weighted by Crippen LogP contribution is -2.22. The van der Waals surface area contributed by atoms with E-state index in [1.54, 1.807) is 0 Å². The minimum atomic E-state index is -1.01. The van der Waals surface area contributed by atoms with Gasteiger partial charge in [-0.2, -0.15) is 0 Å². The fourth-order valence-electron chi connectivity index (χ4n) is 1.09. The van der Waals surface area contributed by atoms with Gasteiger partial charge in [-0.05, 0) is 6.04 Å². The topological polar surface area (TPSA) is 48.4 Å². The summed E-state index contributed by atoms with van der Waals surface area (Å²) in [5, 5.41) is 2.31. The number of aromatic nitrogens is 1. The Morgan fingerprint density at radius 1 is 1.41 bits per heavy atom. The third-order valence-corrected chi connectivity index (χ3v) is 4.61. The Hall–Kier alpha value is -0.563. The van der Waals surface area contributed by atoms with Gasteiger partial charge in [-0.3, -0.25) is 4.79 Å². The first-order valence-electron chi connectivity index (χ1n) is 5.56. The Bertz CT molecular complexity index is 349. The largest absolute Gasteiger partial charge is 0.356 e. The Labute approximate surface area is 107 Å². The van der Waals surface area contributed by atoms with E-state index in [9.17, 15) is 4.79 Å². The molecule has 0 N–H and O–H groups in total. The van der Waals surface area contributed by atoms with Crippen molar-refractivity contribution < 1.29 is 14.3 Å². The van der Waals surface area contributed by atoms with E-state index >= 15 is 0 Å². The van der Waals surface area contributed by atoms with Gasteiger partial charge in [0, 0.05) is 20.1 Å². The number of thiazole rings is 1. The Kier molecular flexibility index (Phi) is 5.97. The third kappa shape index (κ3) is 6.67. The van der Waals surface area contributed by atoms with Gasteiger partial charge >= 0.3 is 0 Å². The molecule has 0 aliphatic carbocycles. The molecule has 0 aliphatic heterocycles. The second-order valence-corrected chi connectivity index (χ2v) is 11.5. The van der Waals surface area contributed by atoms with Crippen molar-refractivity contribution in [1.82, 2.24) is 4.98 Å². The number of aldehydes is 1. The molecule has 0 saturated heterocycles. The summed E-state index contributed by atoms with van der Waals surface area (Å²) < 4.78 is 10.7. The lowest BCUT2D eigenvalue weighted by molar-refractivity contribution is -0.0581. The van der Waals surface area contributed by atoms with Crippen molar-refractivity contribution in [3.05, 3.63) is 16.1 Å². The van der Waals surface area contributed by atoms with Crippen LogP contribution in [0.25, 0.3) is 0 Å². The maximum Gasteiger partial charge on any atom is 0.178 e. The molecule has 0 radical (unpaired) electrons. The van der Waals surface area contributed by atoms with E-state index in [2.05, 4.69) is 24.6 Å². The van der Waals surface area contributed by atoms with E-state index in [-0.39, 0.29) is 0 Å². The van der Waals surface area contributed by atoms with Crippen molar-refractivity contribution in [3.63, 3.8) is 0 Å². The number of rotatable bonds is 8. The molecule has 6 heteroatoms. The van der Waals surface area contributed by atoms with E-state index in [1.807, 2.05) is 5.38 Å². The highest BCUT2D eigenvalue weighted by molar-refractivity contribution is 7.11. The van der Waals surface area contributed by atoms with Crippen LogP contribution in [0.3, 0.4) is 0 Å². The minimum absolute atomic E-state index is 0.290. The van der Waals surface area contributed by atoms with Gasteiger partial charge in [0.15, 0.2) is 11.3 Å². The second kappa shape index (κ2) is 7.00. The average Bonchev–Trinajstić information content (AvgIpc) is 2.69. The summed E-state index contributed by atoms with van der Waals surface area (Å²) in [6.45, 7) is 8.39. The summed E-state index contributed by atoms with van der Waals surface area (Å²) in [6, 6.07) is 1.14. The predicted octanol–water partition coefficient (Wildman–Crippen LogP) is 2.78. The van der Waals surface area contributed by atoms with Crippen LogP contribution in [0.4, 0.5) is 0 Å². The van der Waals surface area contributed by atoms with E-state index in [4.69, 9.17) is 9.47 Å². The molecule has 0 aromatic carbocycles. The van der Waals surface area contributed by atoms with Crippen LogP contribution in [-0.2, 0) is 16.1 Å². The van der Waals surface area contributed by atoms with Crippen LogP contribution in [0.1, 0.15) is 15.5 Å². The van der Waals surface area contributed by atoms with Gasteiger partial charge in [0.25, 0.3) is 0 Å². The molecule has 0 bridgehead atoms. The lowest BCUT2D eigenvalue weighted by atomic mass is 10.5. The van der Waals surface area contributed by atoms with E-state index in [0.29, 0.717) is 18.4 Å². The molecule has 1 rings (SSSR count). The lowest BCUT2D eigenvalue weighted by Gasteiger charge is -2.15. The zero-order valence-electron chi connectivity index (χ0n) is 10.6. The number of hydrogen-bond acceptors (Lipinski definition) is 5. The standard InChI is InChI=1S/C11H19NO3SSi/c1-17(2,3)5-4-14-9-15-7-10-8-16-11(6-13)12-10/h6,8H,4-5,7,9H2,1-3H3. The number of hydrogen-bond donors (Lipinski definition) is 0. The molecule has 0 spiro atoms. The zero-order chi connectivity index (χ0) is 12.7. The van der Waals surface area contributed by atoms with Crippen molar-refractivity contribution in [3.8, 4) is 0 Å². The number of nitrogens with zero attached hydrogens (tertiary/aromatic N) is 1. The van der Waals surface area contributed by atoms with Gasteiger partial charge in [-0.1, -0.05) is 19.6 Å². The molecule has 0 aliphatic rings. The Morgan fingerprint density at radius 2 is 2.18 bits per heavy atom. The maximum atomic E-state index is 10.4. The minimum Gasteiger partial charge on any atom is -0.356 e. The molecular formula is C11H19NO3SSi. The van der Waals surface area contributed by atoms with Crippen LogP contribution in [-0.4, -0.2) is 32.7 Å². The van der Waals surface area contributed by atoms with E-state index in [1.165, 1.54) is 11.3 Å². The van der Waals surface area contributed by atoms with Gasteiger partial charge in [0.2, 0.25) is 0 Å². The SMILES string of the molecule is C[Si](C)(C)CCOCOCc1csc(C=O)n1. The summed E-state index contributed by atoms with van der Waals surface area (Å²) in [5.41, 5.74) is 0.783. The van der Waals surface area contributed by atoms with E-state index in [0.717, 1.165) is 24.6 Å². The van der Waals surface area contributed by atoms with Gasteiger partial charge in [-0.15, -0.1) is 11.3 Å². The van der Waals surface area contributed by atoms with Gasteiger partial charge in [0.1, 0.15) is 6.79 Å². The molecule has 17 heavy (non-hydrogen) atoms. The van der Waals surface area contributed by atoms with Crippen LogP contribution < -0.4 is 0 Å². The van der Waals surface area contributed by atoms with Crippen LogP contribution >= 0.6 is 11.3 Å². The number of ether oxygens (including phenoxy) is 2. The highest BCUT2D eigenvalue weighted by atomic mass is 32.1. The molecular weight excluding hydrogens is 254 g/mol. The van der Waals surface area contributed by atoms with Gasteiger partial charge in [-0.25, -0.2) is 4.98 Å². The van der Waals surface area contributed by atoms with Crippen molar-refractivity contribution in [1.29, 1.82) is 0 Å². The maximum absolute atomic E-state index is 10.4. The highest BCUT2D eigenvalue weighted by Crippen LogP contribution is 2.09. The highest BCUT2D eigenvalue weighted by Gasteiger charge is 2.11. The normalized spacial score (nSPS) is 11.7. The summed E-state index contributed by atoms with van der Waals surface area (Å²) in [4.78, 5) is 14.5. The number of carbonyl (C=O) groups is 1. The van der Waals surface area contributed by atoms with Gasteiger partial charge < -0.3 is 9.47 Å². The van der Waals surface area contributed by atoms with Crippen LogP contribution in [0, 0.1) is 0 Å². The molecule has 1 aromatic heterocycles. The fourth-order valence-corrected chi connectivity index (χ4v) is 2.45. The molecule has 4 nitrogen and oxygen atoms in total. The summed E-state index contributed by atoms with van der Waals surface area (Å²) in [7, 11) is -1.01. The monoisotopic (exact) mass is 273 g/mol. The van der Waals surface area contributed by atoms with Crippen molar-refractivity contribution in [2.45, 2.75) is 32.3 Å². The van der Waals surface area contributed by atoms with Crippen LogP contribution in [0.15, 0.2) is 5.38 Å². The van der Waals surface area contributed by atoms with Gasteiger partial charge in [0.05, 0.1) is 12.3 Å². The van der Waals surface area contributed by atoms with Crippen molar-refractivity contribution in [2.75, 3.05) is 13.4 Å². The molecule has 1 heterocycles. The molecule has 0 saturated carbocycles. The zero-order valence-corrected chi connectivity index (χ0v) is 12.4. The first kappa shape index (κ1) is 14.5. The number of carbonyl (C=O) groups excluding carboxylic acids is 1. The molecule has 0 fully saturated rings. The molecule has 0 unspecified atom stereocenters. The molecule has 0 amide bonds. The quantitative estimate of drug-likeness (QED) is 0.316. The third-order valence-electron chi connectivity index (χ3n) is 2.08. The molecule has 0 atom stereocenters. The smallest absolute Gasteiger partial charge is 0.178 e. The fraction of sp³-hybridized carbons (Fsp3) is 0.636. The first-order chi connectivity index (χ1) is 8.01. The summed E-state index contributed by atoms with van der Waals surface area (Å²) in [5.74, 6) is 0. The second-order valence-electron chi connectivity index (χ2n) is 4.98. The average molecular weight is 273 g/mol. The van der Waals surface area contributed by atoms with Crippen LogP contribution in [0.5, 0.6) is 0 Å². The predicted molar refractivity (Wildman–Crippen MR) is 71.3 cm³/mol. The van der Waals surface area contributed by atoms with Crippen molar-refractivity contribution in [2.24, 2.45) is 0 Å². The molecule has 1 aromatic rings. The summed E-state index contributed by atoms with van der Waals surface area (Å²) >= 11 is 1.33. The Balaban J connectivity index is 2.06. The van der Waals surface area contributed by atoms with E-state index < -0.39 is 8.07 Å². The Morgan fingerprint density at radius 3 is 2.76 bits per heavy atom.